The van der Waals surface area contributed by atoms with E-state index in [1.165, 1.54) is 248 Å². The predicted octanol–water partition coefficient (Wildman–Crippen LogP) is 31.2. The van der Waals surface area contributed by atoms with Crippen LogP contribution in [-0.4, -0.2) is 11.6 Å². The van der Waals surface area contributed by atoms with Crippen LogP contribution in [0.15, 0.2) is 357 Å². The van der Waals surface area contributed by atoms with Gasteiger partial charge in [-0.05, 0) is 364 Å². The van der Waals surface area contributed by atoms with E-state index >= 15 is 0 Å². The summed E-state index contributed by atoms with van der Waals surface area (Å²) in [4.78, 5) is 3.12. The van der Waals surface area contributed by atoms with Crippen LogP contribution in [0.4, 0.5) is 0 Å². The molecule has 3 heterocycles. The highest BCUT2D eigenvalue weighted by Gasteiger charge is 2.48. The average molecular weight is 1650 g/mol. The van der Waals surface area contributed by atoms with Crippen molar-refractivity contribution in [2.45, 2.75) is 248 Å². The Kier molecular flexibility index (Phi) is 33.8. The quantitative estimate of drug-likeness (QED) is 0.154. The van der Waals surface area contributed by atoms with Crippen molar-refractivity contribution in [3.63, 3.8) is 0 Å². The lowest BCUT2D eigenvalue weighted by Crippen LogP contribution is -2.15. The molecule has 13 aromatic carbocycles. The summed E-state index contributed by atoms with van der Waals surface area (Å²) in [6.07, 6.45) is 53.7. The van der Waals surface area contributed by atoms with Crippen LogP contribution in [0.25, 0.3) is 21.9 Å². The third-order valence-electron chi connectivity index (χ3n) is 27.5. The van der Waals surface area contributed by atoms with Crippen molar-refractivity contribution in [3.05, 3.63) is 458 Å². The van der Waals surface area contributed by atoms with E-state index in [9.17, 15) is 0 Å². The van der Waals surface area contributed by atoms with Gasteiger partial charge in [0.25, 0.3) is 0 Å². The number of benzene rings is 13. The number of H-pyrrole nitrogens is 1. The molecular formula is C122H135NO2. The molecule has 2 aromatic heterocycles. The molecule has 27 rings (SSSR count). The molecule has 640 valence electrons. The molecule has 15 aromatic rings. The smallest absolute Gasteiger partial charge is 0.133 e. The molecule has 12 aliphatic rings. The first-order chi connectivity index (χ1) is 62.0. The molecule has 0 atom stereocenters. The summed E-state index contributed by atoms with van der Waals surface area (Å²) in [6.45, 7) is 0.860. The maximum atomic E-state index is 5.30. The van der Waals surface area contributed by atoms with Gasteiger partial charge < -0.3 is 14.1 Å². The van der Waals surface area contributed by atoms with Crippen LogP contribution >= 0.6 is 0 Å². The Labute approximate surface area is 749 Å². The van der Waals surface area contributed by atoms with E-state index in [4.69, 9.17) is 9.15 Å². The first kappa shape index (κ1) is 88.6. The van der Waals surface area contributed by atoms with E-state index in [0.717, 1.165) is 29.7 Å². The maximum Gasteiger partial charge on any atom is 0.133 e. The summed E-state index contributed by atoms with van der Waals surface area (Å²) < 4.78 is 10.4. The standard InChI is InChI=1S/C12H14.C12H16.C11H12.C11H14.2C10H12.2C9H10.C8H7N.C8H8O.C8H6O.C8H8.C6H6/c1-2-6-11-10(4-1)5-3-7-12(11)8-9-12;1-2-4-8-12-10-6-5-9-11(12)7-3-1;1-2-4-10-9(3-1)5-6-11(10)7-8-11;1-2-6-10-8-4-5-9-11(10)7-3-1;2*1-2-6-10-8-4-3-7-9(10)5-1;2*1-2-5-9-7-3-6-8(9)4-1;3*1-2-4-8-7(3-1)5-6-9-8;1-2-4-8-6-5-7(8)3-1;1-2-4-6-5-3-1/h1-2,4,6H,3,5,7-9H2;5-6,9-10H,1-4,7-8H2;1-4H,5-8H2;4-5,8-9H,1-3,6-7H2;2*1-2,5-6H,3-4,7-8H2;2*1-2,4-5H,3,6-7H2;1-6,9H;1-4H,5-6H2;1-6H;1-4H,5-6H2;1-6H. The highest BCUT2D eigenvalue weighted by Crippen LogP contribution is 2.57. The van der Waals surface area contributed by atoms with Crippen LogP contribution in [0.3, 0.4) is 0 Å². The zero-order valence-electron chi connectivity index (χ0n) is 74.7. The van der Waals surface area contributed by atoms with Gasteiger partial charge in [-0.1, -0.05) is 329 Å². The van der Waals surface area contributed by atoms with E-state index in [0.29, 0.717) is 10.8 Å². The molecule has 2 fully saturated rings. The molecule has 3 heteroatoms. The summed E-state index contributed by atoms with van der Waals surface area (Å²) >= 11 is 0. The third-order valence-corrected chi connectivity index (χ3v) is 27.5. The van der Waals surface area contributed by atoms with Crippen molar-refractivity contribution in [2.75, 3.05) is 6.61 Å². The highest BCUT2D eigenvalue weighted by molar-refractivity contribution is 5.79. The Morgan fingerprint density at radius 2 is 0.488 bits per heavy atom. The van der Waals surface area contributed by atoms with Crippen molar-refractivity contribution < 1.29 is 9.15 Å². The zero-order valence-corrected chi connectivity index (χ0v) is 74.7. The molecule has 0 radical (unpaired) electrons. The van der Waals surface area contributed by atoms with Gasteiger partial charge in [0, 0.05) is 23.5 Å². The monoisotopic (exact) mass is 1650 g/mol. The molecule has 3 nitrogen and oxygen atoms in total. The van der Waals surface area contributed by atoms with E-state index in [2.05, 4.69) is 248 Å². The van der Waals surface area contributed by atoms with E-state index in [1.807, 2.05) is 103 Å². The van der Waals surface area contributed by atoms with E-state index in [1.54, 1.807) is 106 Å². The molecule has 11 aliphatic carbocycles. The molecule has 2 saturated carbocycles. The third kappa shape index (κ3) is 26.7. The number of aromatic nitrogens is 1. The topological polar surface area (TPSA) is 38.2 Å². The number of hydrogen-bond donors (Lipinski definition) is 1. The number of furan rings is 1. The van der Waals surface area contributed by atoms with Crippen LogP contribution in [0.1, 0.15) is 234 Å². The Hall–Kier alpha value is -11.3. The average Bonchev–Trinajstić information content (AvgIpc) is 1.60. The number of nitrogens with one attached hydrogen (secondary N) is 1. The van der Waals surface area contributed by atoms with Crippen molar-refractivity contribution in [2.24, 2.45) is 0 Å². The summed E-state index contributed by atoms with van der Waals surface area (Å²) in [5.74, 6) is 1.07. The minimum atomic E-state index is 0.662. The fraction of sp³-hybridized carbons (Fsp3) is 0.328. The number of aromatic amines is 1. The SMILES string of the molecule is c1ccc2[nH]ccc2c1.c1ccc2c(c1)CC2.c1ccc2c(c1)CCC2.c1ccc2c(c1)CCC2.c1ccc2c(c1)CCC21CC1.c1ccc2c(c1)CCCC2.c1ccc2c(c1)CCCC2.c1ccc2c(c1)CCCC21CC1.c1ccc2c(c1)CCCCC2.c1ccc2c(c1)CCCCCC2.c1ccc2c(c1)CCO2.c1ccc2occc2c1.c1ccccc1. The lowest BCUT2D eigenvalue weighted by Gasteiger charge is -2.24. The Morgan fingerprint density at radius 1 is 0.192 bits per heavy atom. The number of rotatable bonds is 0. The molecule has 2 spiro atoms. The number of fused-ring (bicyclic) bond motifs is 14. The molecule has 0 bridgehead atoms. The fourth-order valence-electron chi connectivity index (χ4n) is 19.9. The van der Waals surface area contributed by atoms with Crippen molar-refractivity contribution in [1.29, 1.82) is 0 Å². The first-order valence-corrected chi connectivity index (χ1v) is 48.3. The van der Waals surface area contributed by atoms with Gasteiger partial charge in [0.05, 0.1) is 12.9 Å². The van der Waals surface area contributed by atoms with Gasteiger partial charge in [0.2, 0.25) is 0 Å². The van der Waals surface area contributed by atoms with Gasteiger partial charge in [0.1, 0.15) is 11.3 Å². The Balaban J connectivity index is 0.000000105. The largest absolute Gasteiger partial charge is 0.493 e. The van der Waals surface area contributed by atoms with Crippen LogP contribution in [-0.2, 0) is 120 Å². The van der Waals surface area contributed by atoms with E-state index < -0.39 is 0 Å². The second kappa shape index (κ2) is 47.7. The van der Waals surface area contributed by atoms with Gasteiger partial charge in [-0.3, -0.25) is 0 Å². The lowest BCUT2D eigenvalue weighted by atomic mass is 9.80. The molecule has 0 saturated heterocycles. The summed E-state index contributed by atoms with van der Waals surface area (Å²) in [5.41, 5.74) is 33.5. The van der Waals surface area contributed by atoms with Crippen molar-refractivity contribution >= 4 is 21.9 Å². The lowest BCUT2D eigenvalue weighted by molar-refractivity contribution is 0.357. The minimum absolute atomic E-state index is 0.662. The van der Waals surface area contributed by atoms with Gasteiger partial charge in [0.15, 0.2) is 0 Å². The van der Waals surface area contributed by atoms with Crippen LogP contribution < -0.4 is 4.74 Å². The first-order valence-electron chi connectivity index (χ1n) is 48.3. The number of ether oxygens (including phenoxy) is 1. The Morgan fingerprint density at radius 3 is 0.856 bits per heavy atom. The van der Waals surface area contributed by atoms with Crippen molar-refractivity contribution in [3.8, 4) is 5.75 Å². The fourth-order valence-corrected chi connectivity index (χ4v) is 19.9. The van der Waals surface area contributed by atoms with Crippen LogP contribution in [0.5, 0.6) is 5.75 Å². The summed E-state index contributed by atoms with van der Waals surface area (Å²) in [5, 5.41) is 2.44. The molecule has 125 heavy (non-hydrogen) atoms. The van der Waals surface area contributed by atoms with Gasteiger partial charge in [-0.25, -0.2) is 0 Å². The summed E-state index contributed by atoms with van der Waals surface area (Å²) in [6, 6.07) is 120. The second-order valence-corrected chi connectivity index (χ2v) is 36.1. The highest BCUT2D eigenvalue weighted by atomic mass is 16.5. The van der Waals surface area contributed by atoms with Crippen LogP contribution in [0, 0.1) is 0 Å². The van der Waals surface area contributed by atoms with Gasteiger partial charge in [-0.15, -0.1) is 0 Å². The molecule has 0 unspecified atom stereocenters. The van der Waals surface area contributed by atoms with Gasteiger partial charge >= 0.3 is 0 Å². The predicted molar refractivity (Wildman–Crippen MR) is 530 cm³/mol. The normalized spacial score (nSPS) is 16.3. The Bertz CT molecular complexity index is 5170. The van der Waals surface area contributed by atoms with Gasteiger partial charge in [-0.2, -0.15) is 0 Å². The minimum Gasteiger partial charge on any atom is -0.493 e. The second-order valence-electron chi connectivity index (χ2n) is 36.1. The summed E-state index contributed by atoms with van der Waals surface area (Å²) in [7, 11) is 0. The van der Waals surface area contributed by atoms with Crippen LogP contribution in [0.2, 0.25) is 0 Å². The molecular weight excluding hydrogens is 1510 g/mol. The maximum absolute atomic E-state index is 5.30. The molecule has 0 amide bonds. The number of hydrogen-bond acceptors (Lipinski definition) is 2. The zero-order chi connectivity index (χ0) is 84.9. The molecule has 1 N–H and O–H groups in total. The van der Waals surface area contributed by atoms with E-state index in [-0.39, 0.29) is 0 Å². The number of para-hydroxylation sites is 3. The number of aryl methyl sites for hydroxylation is 16. The molecule has 1 aliphatic heterocycles. The van der Waals surface area contributed by atoms with Crippen molar-refractivity contribution in [1.82, 2.24) is 4.98 Å².